The molecule has 1 atom stereocenters. The molecule has 0 saturated heterocycles. The summed E-state index contributed by atoms with van der Waals surface area (Å²) in [4.78, 5) is 16.7. The maximum Gasteiger partial charge on any atom is 0.185 e. The summed E-state index contributed by atoms with van der Waals surface area (Å²) in [7, 11) is 0. The van der Waals surface area contributed by atoms with E-state index in [-0.39, 0.29) is 16.7 Å². The zero-order valence-corrected chi connectivity index (χ0v) is 11.0. The number of hydrogen-bond donors (Lipinski definition) is 0. The van der Waals surface area contributed by atoms with Crippen LogP contribution in [-0.4, -0.2) is 17.0 Å². The van der Waals surface area contributed by atoms with Crippen LogP contribution in [0.25, 0.3) is 0 Å². The van der Waals surface area contributed by atoms with E-state index in [0.29, 0.717) is 0 Å². The third-order valence-electron chi connectivity index (χ3n) is 4.02. The van der Waals surface area contributed by atoms with Crippen molar-refractivity contribution in [1.29, 1.82) is 0 Å². The monoisotopic (exact) mass is 239 g/mol. The molecule has 2 nitrogen and oxygen atoms in total. The highest BCUT2D eigenvalue weighted by Gasteiger charge is 2.46. The Labute approximate surface area is 107 Å². The van der Waals surface area contributed by atoms with Crippen LogP contribution in [0, 0.1) is 0 Å². The highest BCUT2D eigenvalue weighted by atomic mass is 16.1. The number of carbonyl (C=O) groups excluding carboxylic acids is 1. The molecular formula is C16H17NO. The third-order valence-corrected chi connectivity index (χ3v) is 4.02. The van der Waals surface area contributed by atoms with Crippen LogP contribution in [0.2, 0.25) is 0 Å². The van der Waals surface area contributed by atoms with Crippen LogP contribution in [0.3, 0.4) is 0 Å². The number of rotatable bonds is 0. The van der Waals surface area contributed by atoms with E-state index in [0.717, 1.165) is 23.3 Å². The molecule has 1 aliphatic carbocycles. The van der Waals surface area contributed by atoms with Gasteiger partial charge in [0.2, 0.25) is 0 Å². The van der Waals surface area contributed by atoms with Crippen molar-refractivity contribution in [3.63, 3.8) is 0 Å². The Morgan fingerprint density at radius 1 is 1.22 bits per heavy atom. The van der Waals surface area contributed by atoms with Gasteiger partial charge in [-0.1, -0.05) is 30.3 Å². The van der Waals surface area contributed by atoms with E-state index in [1.54, 1.807) is 6.08 Å². The van der Waals surface area contributed by atoms with E-state index in [1.807, 2.05) is 24.3 Å². The normalized spacial score (nSPS) is 28.4. The van der Waals surface area contributed by atoms with Crippen molar-refractivity contribution in [2.45, 2.75) is 38.1 Å². The first-order valence-corrected chi connectivity index (χ1v) is 6.35. The Morgan fingerprint density at radius 3 is 2.61 bits per heavy atom. The fraction of sp³-hybridized carbons (Fsp3) is 0.375. The molecular weight excluding hydrogens is 222 g/mol. The first-order chi connectivity index (χ1) is 8.45. The molecule has 2 heteroatoms. The van der Waals surface area contributed by atoms with Crippen LogP contribution >= 0.6 is 0 Å². The molecule has 0 N–H and O–H groups in total. The van der Waals surface area contributed by atoms with Gasteiger partial charge in [-0.05, 0) is 38.8 Å². The predicted molar refractivity (Wildman–Crippen MR) is 73.4 cm³/mol. The zero-order chi connectivity index (χ0) is 13.0. The quantitative estimate of drug-likeness (QED) is 0.683. The first-order valence-electron chi connectivity index (χ1n) is 6.35. The van der Waals surface area contributed by atoms with Crippen molar-refractivity contribution in [3.05, 3.63) is 47.5 Å². The Hall–Kier alpha value is -1.70. The van der Waals surface area contributed by atoms with Gasteiger partial charge in [-0.25, -0.2) is 0 Å². The van der Waals surface area contributed by atoms with Crippen LogP contribution in [-0.2, 0) is 5.41 Å². The molecule has 18 heavy (non-hydrogen) atoms. The molecule has 1 aromatic carbocycles. The minimum absolute atomic E-state index is 0.0536. The molecule has 0 aromatic heterocycles. The van der Waals surface area contributed by atoms with Crippen molar-refractivity contribution in [3.8, 4) is 0 Å². The molecule has 0 fully saturated rings. The molecule has 1 aromatic rings. The van der Waals surface area contributed by atoms with Gasteiger partial charge in [-0.3, -0.25) is 9.79 Å². The molecule has 92 valence electrons. The van der Waals surface area contributed by atoms with Crippen molar-refractivity contribution >= 4 is 11.5 Å². The van der Waals surface area contributed by atoms with Gasteiger partial charge >= 0.3 is 0 Å². The number of aliphatic imine (C=N–C) groups is 1. The van der Waals surface area contributed by atoms with E-state index in [2.05, 4.69) is 26.8 Å². The highest BCUT2D eigenvalue weighted by Crippen LogP contribution is 2.46. The Bertz CT molecular complexity index is 595. The summed E-state index contributed by atoms with van der Waals surface area (Å²) in [6, 6.07) is 7.92. The van der Waals surface area contributed by atoms with Crippen LogP contribution in [0.15, 0.2) is 41.4 Å². The largest absolute Gasteiger partial charge is 0.289 e. The van der Waals surface area contributed by atoms with E-state index >= 15 is 0 Å². The van der Waals surface area contributed by atoms with Gasteiger partial charge in [0.05, 0.1) is 11.0 Å². The lowest BCUT2D eigenvalue weighted by Crippen LogP contribution is -2.35. The number of benzene rings is 1. The number of allylic oxidation sites excluding steroid dienone is 2. The maximum absolute atomic E-state index is 12.0. The van der Waals surface area contributed by atoms with Crippen LogP contribution < -0.4 is 0 Å². The lowest BCUT2D eigenvalue weighted by atomic mass is 9.68. The van der Waals surface area contributed by atoms with Gasteiger partial charge in [-0.15, -0.1) is 0 Å². The Kier molecular flexibility index (Phi) is 2.16. The predicted octanol–water partition coefficient (Wildman–Crippen LogP) is 3.32. The molecule has 3 rings (SSSR count). The number of nitrogens with zero attached hydrogens (tertiary/aromatic N) is 1. The van der Waals surface area contributed by atoms with Gasteiger partial charge in [0.1, 0.15) is 0 Å². The topological polar surface area (TPSA) is 29.4 Å². The summed E-state index contributed by atoms with van der Waals surface area (Å²) in [6.45, 7) is 6.38. The van der Waals surface area contributed by atoms with E-state index in [1.165, 1.54) is 0 Å². The first kappa shape index (κ1) is 11.4. The molecule has 1 heterocycles. The molecule has 0 saturated carbocycles. The SMILES string of the molecule is CC1=NC(C)(C)CC12C=CC(=O)c1ccccc12. The van der Waals surface area contributed by atoms with Crippen LogP contribution in [0.1, 0.15) is 43.1 Å². The lowest BCUT2D eigenvalue weighted by molar-refractivity contribution is 0.104. The average Bonchev–Trinajstić information content (AvgIpc) is 2.55. The van der Waals surface area contributed by atoms with Crippen LogP contribution in [0.4, 0.5) is 0 Å². The summed E-state index contributed by atoms with van der Waals surface area (Å²) < 4.78 is 0. The number of hydrogen-bond acceptors (Lipinski definition) is 2. The smallest absolute Gasteiger partial charge is 0.185 e. The highest BCUT2D eigenvalue weighted by molar-refractivity contribution is 6.11. The third kappa shape index (κ3) is 1.41. The number of fused-ring (bicyclic) bond motifs is 2. The fourth-order valence-corrected chi connectivity index (χ4v) is 3.36. The number of ketones is 1. The molecule has 1 unspecified atom stereocenters. The standard InChI is InChI=1S/C16H17NO/c1-11-16(10-15(2,3)17-11)9-8-14(18)12-6-4-5-7-13(12)16/h4-9H,10H2,1-3H3. The Balaban J connectivity index is 2.24. The van der Waals surface area contributed by atoms with E-state index in [4.69, 9.17) is 4.99 Å². The van der Waals surface area contributed by atoms with E-state index < -0.39 is 0 Å². The summed E-state index contributed by atoms with van der Waals surface area (Å²) in [5.41, 5.74) is 2.83. The van der Waals surface area contributed by atoms with Crippen molar-refractivity contribution < 1.29 is 4.79 Å². The van der Waals surface area contributed by atoms with Gasteiger partial charge in [0.25, 0.3) is 0 Å². The average molecular weight is 239 g/mol. The van der Waals surface area contributed by atoms with Crippen molar-refractivity contribution in [2.75, 3.05) is 0 Å². The van der Waals surface area contributed by atoms with Gasteiger partial charge in [0, 0.05) is 11.3 Å². The minimum Gasteiger partial charge on any atom is -0.289 e. The second-order valence-electron chi connectivity index (χ2n) is 5.90. The van der Waals surface area contributed by atoms with Crippen molar-refractivity contribution in [2.24, 2.45) is 4.99 Å². The second kappa shape index (κ2) is 3.41. The number of carbonyl (C=O) groups is 1. The minimum atomic E-state index is -0.173. The fourth-order valence-electron chi connectivity index (χ4n) is 3.36. The molecule has 1 spiro atoms. The second-order valence-corrected chi connectivity index (χ2v) is 5.90. The molecule has 0 amide bonds. The van der Waals surface area contributed by atoms with E-state index in [9.17, 15) is 4.79 Å². The Morgan fingerprint density at radius 2 is 1.94 bits per heavy atom. The molecule has 0 radical (unpaired) electrons. The van der Waals surface area contributed by atoms with Gasteiger partial charge in [-0.2, -0.15) is 0 Å². The van der Waals surface area contributed by atoms with Crippen LogP contribution in [0.5, 0.6) is 0 Å². The summed E-state index contributed by atoms with van der Waals surface area (Å²) in [6.07, 6.45) is 4.70. The zero-order valence-electron chi connectivity index (χ0n) is 11.0. The lowest BCUT2D eigenvalue weighted by Gasteiger charge is -2.32. The summed E-state index contributed by atoms with van der Waals surface area (Å²) >= 11 is 0. The maximum atomic E-state index is 12.0. The summed E-state index contributed by atoms with van der Waals surface area (Å²) in [5, 5.41) is 0. The van der Waals surface area contributed by atoms with Gasteiger partial charge in [0.15, 0.2) is 5.78 Å². The van der Waals surface area contributed by atoms with Crippen molar-refractivity contribution in [1.82, 2.24) is 0 Å². The molecule has 1 aliphatic heterocycles. The molecule has 0 bridgehead atoms. The molecule has 2 aliphatic rings. The van der Waals surface area contributed by atoms with Gasteiger partial charge < -0.3 is 0 Å². The summed E-state index contributed by atoms with van der Waals surface area (Å²) in [5.74, 6) is 0.105.